The quantitative estimate of drug-likeness (QED) is 0.883. The number of hydrogen-bond acceptors (Lipinski definition) is 5. The van der Waals surface area contributed by atoms with Crippen LogP contribution >= 0.6 is 0 Å². The Morgan fingerprint density at radius 2 is 2.22 bits per heavy atom. The van der Waals surface area contributed by atoms with Crippen LogP contribution in [0.2, 0.25) is 0 Å². The minimum absolute atomic E-state index is 0.104. The summed E-state index contributed by atoms with van der Waals surface area (Å²) in [6.07, 6.45) is 4.85. The largest absolute Gasteiger partial charge is 0.324 e. The molecule has 6 heteroatoms. The monoisotopic (exact) mass is 309 g/mol. The van der Waals surface area contributed by atoms with Crippen molar-refractivity contribution in [1.82, 2.24) is 19.9 Å². The highest BCUT2D eigenvalue weighted by molar-refractivity contribution is 5.88. The number of pyridine rings is 1. The van der Waals surface area contributed by atoms with Crippen LogP contribution in [0.5, 0.6) is 0 Å². The molecule has 23 heavy (non-hydrogen) atoms. The summed E-state index contributed by atoms with van der Waals surface area (Å²) >= 11 is 0. The van der Waals surface area contributed by atoms with Crippen molar-refractivity contribution in [2.75, 3.05) is 5.32 Å². The van der Waals surface area contributed by atoms with Crippen LogP contribution in [0.1, 0.15) is 30.8 Å². The summed E-state index contributed by atoms with van der Waals surface area (Å²) in [6.45, 7) is 9.93. The van der Waals surface area contributed by atoms with Crippen LogP contribution in [0.3, 0.4) is 0 Å². The Hall–Kier alpha value is -2.76. The van der Waals surface area contributed by atoms with Gasteiger partial charge >= 0.3 is 0 Å². The number of carbonyl (C=O) groups is 1. The van der Waals surface area contributed by atoms with Crippen LogP contribution in [-0.4, -0.2) is 25.8 Å². The van der Waals surface area contributed by atoms with E-state index in [9.17, 15) is 4.79 Å². The van der Waals surface area contributed by atoms with Gasteiger partial charge in [-0.2, -0.15) is 0 Å². The average Bonchev–Trinajstić information content (AvgIpc) is 2.77. The Kier molecular flexibility index (Phi) is 3.60. The first-order chi connectivity index (χ1) is 10.9. The van der Waals surface area contributed by atoms with Crippen molar-refractivity contribution in [2.45, 2.75) is 32.9 Å². The van der Waals surface area contributed by atoms with Crippen LogP contribution in [0.25, 0.3) is 0 Å². The first kappa shape index (κ1) is 15.1. The van der Waals surface area contributed by atoms with Crippen LogP contribution in [-0.2, 0) is 16.9 Å². The molecule has 1 aliphatic heterocycles. The Balaban J connectivity index is 1.90. The molecule has 0 radical (unpaired) electrons. The predicted octanol–water partition coefficient (Wildman–Crippen LogP) is 2.69. The summed E-state index contributed by atoms with van der Waals surface area (Å²) in [7, 11) is 0. The van der Waals surface area contributed by atoms with E-state index >= 15 is 0 Å². The van der Waals surface area contributed by atoms with Crippen molar-refractivity contribution in [3.8, 4) is 0 Å². The van der Waals surface area contributed by atoms with Gasteiger partial charge in [-0.15, -0.1) is 0 Å². The van der Waals surface area contributed by atoms with E-state index in [4.69, 9.17) is 0 Å². The van der Waals surface area contributed by atoms with E-state index in [0.29, 0.717) is 12.5 Å². The second-order valence-electron chi connectivity index (χ2n) is 6.05. The summed E-state index contributed by atoms with van der Waals surface area (Å²) in [6, 6.07) is 3.79. The van der Waals surface area contributed by atoms with E-state index in [1.165, 1.54) is 6.08 Å². The van der Waals surface area contributed by atoms with Gasteiger partial charge in [0.25, 0.3) is 0 Å². The third kappa shape index (κ3) is 2.67. The molecule has 3 rings (SSSR count). The van der Waals surface area contributed by atoms with Gasteiger partial charge in [-0.1, -0.05) is 6.58 Å². The second-order valence-corrected chi connectivity index (χ2v) is 6.05. The summed E-state index contributed by atoms with van der Waals surface area (Å²) in [5.41, 5.74) is 3.18. The Morgan fingerprint density at radius 3 is 2.91 bits per heavy atom. The number of aromatic nitrogens is 3. The zero-order valence-corrected chi connectivity index (χ0v) is 13.5. The lowest BCUT2D eigenvalue weighted by atomic mass is 9.97. The van der Waals surface area contributed by atoms with Crippen molar-refractivity contribution in [3.63, 3.8) is 0 Å². The molecule has 0 unspecified atom stereocenters. The van der Waals surface area contributed by atoms with Crippen LogP contribution < -0.4 is 5.32 Å². The molecule has 3 heterocycles. The van der Waals surface area contributed by atoms with Crippen molar-refractivity contribution >= 4 is 17.5 Å². The Labute approximate surface area is 135 Å². The molecule has 0 bridgehead atoms. The molecule has 0 aromatic carbocycles. The first-order valence-electron chi connectivity index (χ1n) is 7.42. The fourth-order valence-corrected chi connectivity index (χ4v) is 2.82. The summed E-state index contributed by atoms with van der Waals surface area (Å²) < 4.78 is 0. The lowest BCUT2D eigenvalue weighted by molar-refractivity contribution is -0.131. The molecule has 2 aromatic rings. The van der Waals surface area contributed by atoms with Gasteiger partial charge in [0, 0.05) is 29.3 Å². The SMILES string of the molecule is C=CC(=O)N1Cc2nc(Nc3ccnc(C)c3)ncc2C1(C)C. The average molecular weight is 309 g/mol. The number of hydrogen-bond donors (Lipinski definition) is 1. The maximum absolute atomic E-state index is 12.0. The molecule has 0 aliphatic carbocycles. The molecule has 0 fully saturated rings. The molecular formula is C17H19N5O. The van der Waals surface area contributed by atoms with Gasteiger partial charge in [0.05, 0.1) is 17.8 Å². The Morgan fingerprint density at radius 1 is 1.43 bits per heavy atom. The summed E-state index contributed by atoms with van der Waals surface area (Å²) in [4.78, 5) is 26.9. The standard InChI is InChI=1S/C17H19N5O/c1-5-15(23)22-10-14-13(17(22,3)4)9-19-16(21-14)20-12-6-7-18-11(2)8-12/h5-9H,1,10H2,2-4H3,(H,18,19,20,21). The van der Waals surface area contributed by atoms with E-state index in [1.54, 1.807) is 17.3 Å². The molecule has 0 atom stereocenters. The molecule has 0 saturated carbocycles. The number of nitrogens with one attached hydrogen (secondary N) is 1. The predicted molar refractivity (Wildman–Crippen MR) is 88.1 cm³/mol. The molecule has 1 N–H and O–H groups in total. The van der Waals surface area contributed by atoms with Crippen molar-refractivity contribution < 1.29 is 4.79 Å². The number of anilines is 2. The van der Waals surface area contributed by atoms with Gasteiger partial charge in [0.2, 0.25) is 11.9 Å². The fraction of sp³-hybridized carbons (Fsp3) is 0.294. The smallest absolute Gasteiger partial charge is 0.247 e. The van der Waals surface area contributed by atoms with Gasteiger partial charge in [-0.05, 0) is 39.0 Å². The first-order valence-corrected chi connectivity index (χ1v) is 7.42. The molecule has 1 aliphatic rings. The van der Waals surface area contributed by atoms with Crippen molar-refractivity contribution in [3.05, 3.63) is 54.1 Å². The maximum Gasteiger partial charge on any atom is 0.247 e. The van der Waals surface area contributed by atoms with E-state index in [1.807, 2.05) is 32.9 Å². The zero-order chi connectivity index (χ0) is 16.6. The minimum atomic E-state index is -0.438. The lowest BCUT2D eigenvalue weighted by Crippen LogP contribution is -2.39. The molecule has 1 amide bonds. The zero-order valence-electron chi connectivity index (χ0n) is 13.5. The number of nitrogens with zero attached hydrogens (tertiary/aromatic N) is 4. The minimum Gasteiger partial charge on any atom is -0.324 e. The maximum atomic E-state index is 12.0. The Bertz CT molecular complexity index is 784. The van der Waals surface area contributed by atoms with Gasteiger partial charge in [0.1, 0.15) is 0 Å². The molecule has 0 spiro atoms. The summed E-state index contributed by atoms with van der Waals surface area (Å²) in [5.74, 6) is 0.408. The topological polar surface area (TPSA) is 71.0 Å². The molecular weight excluding hydrogens is 290 g/mol. The highest BCUT2D eigenvalue weighted by atomic mass is 16.2. The molecule has 118 valence electrons. The summed E-state index contributed by atoms with van der Waals surface area (Å²) in [5, 5.41) is 3.17. The van der Waals surface area contributed by atoms with Crippen molar-refractivity contribution in [1.29, 1.82) is 0 Å². The fourth-order valence-electron chi connectivity index (χ4n) is 2.82. The van der Waals surface area contributed by atoms with Crippen LogP contribution in [0, 0.1) is 6.92 Å². The van der Waals surface area contributed by atoms with Crippen molar-refractivity contribution in [2.24, 2.45) is 0 Å². The molecule has 2 aromatic heterocycles. The third-order valence-electron chi connectivity index (χ3n) is 4.10. The molecule has 6 nitrogen and oxygen atoms in total. The van der Waals surface area contributed by atoms with Gasteiger partial charge < -0.3 is 10.2 Å². The highest BCUT2D eigenvalue weighted by Crippen LogP contribution is 2.38. The van der Waals surface area contributed by atoms with E-state index in [2.05, 4.69) is 26.8 Å². The van der Waals surface area contributed by atoms with E-state index in [0.717, 1.165) is 22.6 Å². The van der Waals surface area contributed by atoms with Crippen LogP contribution in [0.15, 0.2) is 37.2 Å². The van der Waals surface area contributed by atoms with Gasteiger partial charge in [0.15, 0.2) is 0 Å². The molecule has 0 saturated heterocycles. The third-order valence-corrected chi connectivity index (χ3v) is 4.10. The number of rotatable bonds is 3. The van der Waals surface area contributed by atoms with E-state index < -0.39 is 5.54 Å². The number of carbonyl (C=O) groups excluding carboxylic acids is 1. The highest BCUT2D eigenvalue weighted by Gasteiger charge is 2.40. The number of fused-ring (bicyclic) bond motifs is 1. The second kappa shape index (κ2) is 5.46. The normalized spacial score (nSPS) is 15.2. The number of amides is 1. The lowest BCUT2D eigenvalue weighted by Gasteiger charge is -2.31. The van der Waals surface area contributed by atoms with Gasteiger partial charge in [-0.25, -0.2) is 9.97 Å². The number of aryl methyl sites for hydroxylation is 1. The van der Waals surface area contributed by atoms with Crippen LogP contribution in [0.4, 0.5) is 11.6 Å². The van der Waals surface area contributed by atoms with Gasteiger partial charge in [-0.3, -0.25) is 9.78 Å². The van der Waals surface area contributed by atoms with E-state index in [-0.39, 0.29) is 5.91 Å².